The molecule has 112 valence electrons. The van der Waals surface area contributed by atoms with E-state index < -0.39 is 0 Å². The molecule has 1 N–H and O–H groups in total. The highest BCUT2D eigenvalue weighted by atomic mass is 79.9. The van der Waals surface area contributed by atoms with E-state index in [0.29, 0.717) is 9.90 Å². The molecule has 0 saturated carbocycles. The van der Waals surface area contributed by atoms with Crippen molar-refractivity contribution in [2.75, 3.05) is 0 Å². The molecule has 0 fully saturated rings. The Morgan fingerprint density at radius 2 is 2.05 bits per heavy atom. The zero-order valence-corrected chi connectivity index (χ0v) is 14.8. The van der Waals surface area contributed by atoms with Crippen molar-refractivity contribution in [3.05, 3.63) is 62.7 Å². The summed E-state index contributed by atoms with van der Waals surface area (Å²) in [5.41, 5.74) is 1.00. The van der Waals surface area contributed by atoms with Gasteiger partial charge in [0.15, 0.2) is 0 Å². The minimum atomic E-state index is -0.161. The van der Waals surface area contributed by atoms with Gasteiger partial charge in [-0.05, 0) is 36.8 Å². The molecule has 1 aromatic carbocycles. The summed E-state index contributed by atoms with van der Waals surface area (Å²) in [5.74, 6) is -0.161. The van der Waals surface area contributed by atoms with E-state index in [0.717, 1.165) is 20.1 Å². The minimum Gasteiger partial charge on any atom is -0.345 e. The molecule has 0 bridgehead atoms. The Morgan fingerprint density at radius 1 is 1.32 bits per heavy atom. The Bertz CT molecular complexity index is 835. The lowest BCUT2D eigenvalue weighted by Crippen LogP contribution is -2.26. The summed E-state index contributed by atoms with van der Waals surface area (Å²) in [6, 6.07) is 9.46. The number of aromatic nitrogens is 1. The molecule has 3 rings (SSSR count). The first-order valence-electron chi connectivity index (χ1n) is 6.64. The van der Waals surface area contributed by atoms with E-state index in [2.05, 4.69) is 26.2 Å². The number of hydrogen-bond acceptors (Lipinski definition) is 3. The summed E-state index contributed by atoms with van der Waals surface area (Å²) in [4.78, 5) is 17.0. The third kappa shape index (κ3) is 3.02. The summed E-state index contributed by atoms with van der Waals surface area (Å²) in [5, 5.41) is 4.38. The fraction of sp³-hybridized carbons (Fsp3) is 0.125. The maximum absolute atomic E-state index is 12.5. The number of pyridine rings is 1. The van der Waals surface area contributed by atoms with E-state index in [1.165, 1.54) is 11.3 Å². The largest absolute Gasteiger partial charge is 0.345 e. The monoisotopic (exact) mass is 394 g/mol. The predicted octanol–water partition coefficient (Wildman–Crippen LogP) is 5.20. The summed E-state index contributed by atoms with van der Waals surface area (Å²) < 4.78 is 1.95. The average molecular weight is 396 g/mol. The van der Waals surface area contributed by atoms with E-state index in [-0.39, 0.29) is 11.9 Å². The topological polar surface area (TPSA) is 42.0 Å². The molecule has 22 heavy (non-hydrogen) atoms. The number of rotatable bonds is 3. The van der Waals surface area contributed by atoms with Gasteiger partial charge in [-0.15, -0.1) is 11.3 Å². The van der Waals surface area contributed by atoms with Gasteiger partial charge in [0.05, 0.1) is 11.1 Å². The number of nitrogens with one attached hydrogen (secondary N) is 1. The highest BCUT2D eigenvalue weighted by Crippen LogP contribution is 2.36. The summed E-state index contributed by atoms with van der Waals surface area (Å²) in [6.45, 7) is 1.94. The molecule has 0 spiro atoms. The predicted molar refractivity (Wildman–Crippen MR) is 94.7 cm³/mol. The smallest absolute Gasteiger partial charge is 0.263 e. The van der Waals surface area contributed by atoms with Crippen LogP contribution in [-0.2, 0) is 0 Å². The molecular weight excluding hydrogens is 384 g/mol. The normalized spacial score (nSPS) is 12.3. The molecule has 2 aromatic heterocycles. The molecule has 0 radical (unpaired) electrons. The van der Waals surface area contributed by atoms with Gasteiger partial charge < -0.3 is 5.32 Å². The van der Waals surface area contributed by atoms with E-state index in [1.54, 1.807) is 12.4 Å². The van der Waals surface area contributed by atoms with Crippen LogP contribution in [0.4, 0.5) is 0 Å². The second kappa shape index (κ2) is 6.36. The van der Waals surface area contributed by atoms with Gasteiger partial charge in [0, 0.05) is 27.0 Å². The van der Waals surface area contributed by atoms with Gasteiger partial charge >= 0.3 is 0 Å². The fourth-order valence-electron chi connectivity index (χ4n) is 2.18. The van der Waals surface area contributed by atoms with Crippen LogP contribution in [0.25, 0.3) is 10.1 Å². The van der Waals surface area contributed by atoms with E-state index in [1.807, 2.05) is 37.3 Å². The van der Waals surface area contributed by atoms with Gasteiger partial charge in [-0.25, -0.2) is 0 Å². The molecule has 6 heteroatoms. The van der Waals surface area contributed by atoms with Crippen LogP contribution in [0.15, 0.2) is 47.2 Å². The zero-order chi connectivity index (χ0) is 15.7. The highest BCUT2D eigenvalue weighted by Gasteiger charge is 2.19. The maximum Gasteiger partial charge on any atom is 0.263 e. The number of amides is 1. The van der Waals surface area contributed by atoms with E-state index in [9.17, 15) is 4.79 Å². The first kappa shape index (κ1) is 15.5. The van der Waals surface area contributed by atoms with Gasteiger partial charge in [0.2, 0.25) is 0 Å². The summed E-state index contributed by atoms with van der Waals surface area (Å²) in [6.07, 6.45) is 3.42. The number of benzene rings is 1. The Hall–Kier alpha value is -1.43. The second-order valence-electron chi connectivity index (χ2n) is 4.86. The highest BCUT2D eigenvalue weighted by molar-refractivity contribution is 9.10. The van der Waals surface area contributed by atoms with Gasteiger partial charge in [-0.1, -0.05) is 33.6 Å². The third-order valence-corrected chi connectivity index (χ3v) is 5.50. The van der Waals surface area contributed by atoms with E-state index >= 15 is 0 Å². The molecule has 1 amide bonds. The Balaban J connectivity index is 1.88. The first-order chi connectivity index (χ1) is 10.6. The number of nitrogens with zero attached hydrogens (tertiary/aromatic N) is 1. The summed E-state index contributed by atoms with van der Waals surface area (Å²) >= 11 is 11.2. The molecule has 0 aliphatic rings. The fourth-order valence-corrected chi connectivity index (χ4v) is 4.15. The molecular formula is C16H12BrClN2OS. The molecule has 2 heterocycles. The standard InChI is InChI=1S/C16H12BrClN2OS/c1-9(10-4-6-19-7-5-10)20-16(21)15-14(18)12-3-2-11(17)8-13(12)22-15/h2-9H,1H3,(H,20,21)/t9-/m0/s1. The van der Waals surface area contributed by atoms with Gasteiger partial charge in [0.1, 0.15) is 4.88 Å². The van der Waals surface area contributed by atoms with Gasteiger partial charge in [-0.3, -0.25) is 9.78 Å². The van der Waals surface area contributed by atoms with Crippen LogP contribution in [0.5, 0.6) is 0 Å². The minimum absolute atomic E-state index is 0.108. The quantitative estimate of drug-likeness (QED) is 0.662. The molecule has 0 saturated heterocycles. The second-order valence-corrected chi connectivity index (χ2v) is 7.21. The van der Waals surface area contributed by atoms with Crippen LogP contribution in [0.2, 0.25) is 5.02 Å². The SMILES string of the molecule is C[C@H](NC(=O)c1sc2cc(Br)ccc2c1Cl)c1ccncc1. The van der Waals surface area contributed by atoms with Crippen molar-refractivity contribution in [3.8, 4) is 0 Å². The van der Waals surface area contributed by atoms with Crippen molar-refractivity contribution >= 4 is 54.9 Å². The van der Waals surface area contributed by atoms with Crippen molar-refractivity contribution in [1.82, 2.24) is 10.3 Å². The molecule has 1 atom stereocenters. The lowest BCUT2D eigenvalue weighted by atomic mass is 10.1. The Labute approximate surface area is 145 Å². The van der Waals surface area contributed by atoms with Gasteiger partial charge in [-0.2, -0.15) is 0 Å². The van der Waals surface area contributed by atoms with Crippen molar-refractivity contribution in [2.45, 2.75) is 13.0 Å². The number of carbonyl (C=O) groups excluding carboxylic acids is 1. The molecule has 3 aromatic rings. The van der Waals surface area contributed by atoms with Crippen LogP contribution in [-0.4, -0.2) is 10.9 Å². The van der Waals surface area contributed by atoms with Crippen molar-refractivity contribution in [2.24, 2.45) is 0 Å². The van der Waals surface area contributed by atoms with Crippen molar-refractivity contribution in [1.29, 1.82) is 0 Å². The molecule has 3 nitrogen and oxygen atoms in total. The molecule has 0 aliphatic heterocycles. The van der Waals surface area contributed by atoms with Crippen LogP contribution >= 0.6 is 38.9 Å². The molecule has 0 unspecified atom stereocenters. The Kier molecular flexibility index (Phi) is 4.47. The van der Waals surface area contributed by atoms with Crippen LogP contribution in [0.1, 0.15) is 28.2 Å². The summed E-state index contributed by atoms with van der Waals surface area (Å²) in [7, 11) is 0. The average Bonchev–Trinajstić information content (AvgIpc) is 2.84. The van der Waals surface area contributed by atoms with Gasteiger partial charge in [0.25, 0.3) is 5.91 Å². The number of hydrogen-bond donors (Lipinski definition) is 1. The van der Waals surface area contributed by atoms with Crippen LogP contribution in [0.3, 0.4) is 0 Å². The van der Waals surface area contributed by atoms with E-state index in [4.69, 9.17) is 11.6 Å². The van der Waals surface area contributed by atoms with Crippen molar-refractivity contribution in [3.63, 3.8) is 0 Å². The zero-order valence-electron chi connectivity index (χ0n) is 11.6. The number of thiophene rings is 1. The van der Waals surface area contributed by atoms with Crippen LogP contribution in [0, 0.1) is 0 Å². The lowest BCUT2D eigenvalue weighted by Gasteiger charge is -2.13. The van der Waals surface area contributed by atoms with Crippen LogP contribution < -0.4 is 5.32 Å². The maximum atomic E-state index is 12.5. The number of fused-ring (bicyclic) bond motifs is 1. The lowest BCUT2D eigenvalue weighted by molar-refractivity contribution is 0.0944. The Morgan fingerprint density at radius 3 is 2.77 bits per heavy atom. The first-order valence-corrected chi connectivity index (χ1v) is 8.63. The molecule has 0 aliphatic carbocycles. The number of carbonyl (C=O) groups is 1. The third-order valence-electron chi connectivity index (χ3n) is 3.35. The van der Waals surface area contributed by atoms with Crippen molar-refractivity contribution < 1.29 is 4.79 Å². The number of halogens is 2.